The highest BCUT2D eigenvalue weighted by molar-refractivity contribution is 7.03. The largest absolute Gasteiger partial charge is 0.207 e. The molecule has 0 aliphatic carbocycles. The SMILES string of the molecule is C[Si]1(C)c2ccc(F)cc2-c2cc(F)ccc21. The van der Waals surface area contributed by atoms with Gasteiger partial charge in [-0.2, -0.15) is 0 Å². The van der Waals surface area contributed by atoms with E-state index in [2.05, 4.69) is 13.1 Å². The molecule has 86 valence electrons. The van der Waals surface area contributed by atoms with Gasteiger partial charge in [-0.15, -0.1) is 0 Å². The van der Waals surface area contributed by atoms with Gasteiger partial charge in [0, 0.05) is 0 Å². The third kappa shape index (κ3) is 1.39. The molecule has 0 unspecified atom stereocenters. The zero-order valence-electron chi connectivity index (χ0n) is 9.72. The van der Waals surface area contributed by atoms with E-state index >= 15 is 0 Å². The Hall–Kier alpha value is -1.48. The van der Waals surface area contributed by atoms with E-state index in [1.165, 1.54) is 34.6 Å². The highest BCUT2D eigenvalue weighted by Crippen LogP contribution is 2.29. The third-order valence-electron chi connectivity index (χ3n) is 3.60. The lowest BCUT2D eigenvalue weighted by Crippen LogP contribution is -2.49. The van der Waals surface area contributed by atoms with Crippen LogP contribution in [0.3, 0.4) is 0 Å². The van der Waals surface area contributed by atoms with Crippen molar-refractivity contribution in [1.82, 2.24) is 0 Å². The van der Waals surface area contributed by atoms with Gasteiger partial charge >= 0.3 is 0 Å². The van der Waals surface area contributed by atoms with E-state index in [4.69, 9.17) is 0 Å². The zero-order chi connectivity index (χ0) is 12.2. The molecule has 1 aliphatic heterocycles. The van der Waals surface area contributed by atoms with Gasteiger partial charge in [0.2, 0.25) is 0 Å². The molecule has 0 spiro atoms. The van der Waals surface area contributed by atoms with Gasteiger partial charge in [-0.25, -0.2) is 8.78 Å². The molecule has 2 aromatic carbocycles. The molecule has 3 rings (SSSR count). The quantitative estimate of drug-likeness (QED) is 0.627. The Bertz CT molecular complexity index is 564. The molecule has 17 heavy (non-hydrogen) atoms. The Labute approximate surface area is 99.9 Å². The molecule has 2 aromatic rings. The van der Waals surface area contributed by atoms with Gasteiger partial charge < -0.3 is 0 Å². The van der Waals surface area contributed by atoms with Gasteiger partial charge in [-0.1, -0.05) is 25.2 Å². The first-order valence-corrected chi connectivity index (χ1v) is 8.60. The van der Waals surface area contributed by atoms with Crippen LogP contribution in [-0.4, -0.2) is 8.07 Å². The van der Waals surface area contributed by atoms with Gasteiger partial charge in [0.25, 0.3) is 0 Å². The fourth-order valence-corrected chi connectivity index (χ4v) is 5.76. The highest BCUT2D eigenvalue weighted by Gasteiger charge is 2.37. The van der Waals surface area contributed by atoms with Crippen LogP contribution >= 0.6 is 0 Å². The summed E-state index contributed by atoms with van der Waals surface area (Å²) in [7, 11) is -1.76. The van der Waals surface area contributed by atoms with Crippen molar-refractivity contribution in [2.24, 2.45) is 0 Å². The minimum Gasteiger partial charge on any atom is -0.207 e. The number of hydrogen-bond acceptors (Lipinski definition) is 0. The Morgan fingerprint density at radius 3 is 1.59 bits per heavy atom. The van der Waals surface area contributed by atoms with E-state index in [1.54, 1.807) is 0 Å². The second-order valence-electron chi connectivity index (χ2n) is 5.00. The maximum absolute atomic E-state index is 13.3. The summed E-state index contributed by atoms with van der Waals surface area (Å²) in [6.45, 7) is 4.43. The molecule has 0 N–H and O–H groups in total. The summed E-state index contributed by atoms with van der Waals surface area (Å²) in [5, 5.41) is 2.39. The maximum Gasteiger partial charge on any atom is 0.123 e. The van der Waals surface area contributed by atoms with Crippen molar-refractivity contribution in [3.63, 3.8) is 0 Å². The first kappa shape index (κ1) is 10.7. The van der Waals surface area contributed by atoms with Crippen molar-refractivity contribution in [3.05, 3.63) is 48.0 Å². The number of halogens is 2. The molecule has 0 radical (unpaired) electrons. The first-order valence-electron chi connectivity index (χ1n) is 5.60. The predicted molar refractivity (Wildman–Crippen MR) is 68.5 cm³/mol. The molecule has 3 heteroatoms. The first-order chi connectivity index (χ1) is 8.00. The van der Waals surface area contributed by atoms with Crippen LogP contribution in [0.1, 0.15) is 0 Å². The summed E-state index contributed by atoms with van der Waals surface area (Å²) in [6, 6.07) is 9.75. The van der Waals surface area contributed by atoms with E-state index in [-0.39, 0.29) is 11.6 Å². The molecule has 0 saturated carbocycles. The normalized spacial score (nSPS) is 15.5. The van der Waals surface area contributed by atoms with E-state index in [1.807, 2.05) is 12.1 Å². The molecule has 0 aromatic heterocycles. The molecule has 0 bridgehead atoms. The Morgan fingerprint density at radius 1 is 0.765 bits per heavy atom. The number of rotatable bonds is 0. The van der Waals surface area contributed by atoms with Gasteiger partial charge in [-0.05, 0) is 45.8 Å². The van der Waals surface area contributed by atoms with E-state index in [0.29, 0.717) is 0 Å². The van der Waals surface area contributed by atoms with E-state index in [9.17, 15) is 8.78 Å². The van der Waals surface area contributed by atoms with Crippen molar-refractivity contribution >= 4 is 18.4 Å². The van der Waals surface area contributed by atoms with Gasteiger partial charge in [0.05, 0.1) is 0 Å². The van der Waals surface area contributed by atoms with Crippen molar-refractivity contribution < 1.29 is 8.78 Å². The maximum atomic E-state index is 13.3. The van der Waals surface area contributed by atoms with Crippen LogP contribution in [0.4, 0.5) is 8.78 Å². The van der Waals surface area contributed by atoms with Crippen molar-refractivity contribution in [2.75, 3.05) is 0 Å². The van der Waals surface area contributed by atoms with Gasteiger partial charge in [0.1, 0.15) is 19.7 Å². The lowest BCUT2D eigenvalue weighted by molar-refractivity contribution is 0.626. The lowest BCUT2D eigenvalue weighted by atomic mass is 10.1. The predicted octanol–water partition coefficient (Wildman–Crippen LogP) is 2.77. The van der Waals surface area contributed by atoms with Crippen LogP contribution in [0, 0.1) is 11.6 Å². The molecular weight excluding hydrogens is 234 g/mol. The molecule has 1 heterocycles. The van der Waals surface area contributed by atoms with Crippen molar-refractivity contribution in [3.8, 4) is 11.1 Å². The van der Waals surface area contributed by atoms with Crippen LogP contribution in [0.25, 0.3) is 11.1 Å². The minimum atomic E-state index is -1.76. The highest BCUT2D eigenvalue weighted by atomic mass is 28.3. The summed E-state index contributed by atoms with van der Waals surface area (Å²) >= 11 is 0. The van der Waals surface area contributed by atoms with Crippen molar-refractivity contribution in [1.29, 1.82) is 0 Å². The van der Waals surface area contributed by atoms with E-state index < -0.39 is 8.07 Å². The second kappa shape index (κ2) is 3.26. The van der Waals surface area contributed by atoms with Crippen LogP contribution in [0.2, 0.25) is 13.1 Å². The Kier molecular flexibility index (Phi) is 2.04. The summed E-state index contributed by atoms with van der Waals surface area (Å²) < 4.78 is 26.7. The second-order valence-corrected chi connectivity index (χ2v) is 9.33. The third-order valence-corrected chi connectivity index (χ3v) is 7.17. The number of fused-ring (bicyclic) bond motifs is 3. The van der Waals surface area contributed by atoms with Crippen LogP contribution in [-0.2, 0) is 0 Å². The number of benzene rings is 2. The summed E-state index contributed by atoms with van der Waals surface area (Å²) in [4.78, 5) is 0. The lowest BCUT2D eigenvalue weighted by Gasteiger charge is -2.18. The Balaban J connectivity index is 2.39. The molecule has 0 saturated heterocycles. The fourth-order valence-electron chi connectivity index (χ4n) is 2.71. The standard InChI is InChI=1S/C14H12F2Si/c1-17(2)13-5-3-9(15)7-11(13)12-8-10(16)4-6-14(12)17/h3-8H,1-2H3. The monoisotopic (exact) mass is 246 g/mol. The molecule has 1 aliphatic rings. The molecule has 0 nitrogen and oxygen atoms in total. The molecule has 0 atom stereocenters. The van der Waals surface area contributed by atoms with Crippen LogP contribution < -0.4 is 10.4 Å². The minimum absolute atomic E-state index is 0.259. The van der Waals surface area contributed by atoms with Gasteiger partial charge in [0.15, 0.2) is 0 Å². The average Bonchev–Trinajstić information content (AvgIpc) is 2.47. The van der Waals surface area contributed by atoms with E-state index in [0.717, 1.165) is 11.1 Å². The van der Waals surface area contributed by atoms with Crippen LogP contribution in [0.5, 0.6) is 0 Å². The van der Waals surface area contributed by atoms with Gasteiger partial charge in [-0.3, -0.25) is 0 Å². The topological polar surface area (TPSA) is 0 Å². The van der Waals surface area contributed by atoms with Crippen LogP contribution in [0.15, 0.2) is 36.4 Å². The molecule has 0 fully saturated rings. The zero-order valence-corrected chi connectivity index (χ0v) is 10.7. The number of hydrogen-bond donors (Lipinski definition) is 0. The fraction of sp³-hybridized carbons (Fsp3) is 0.143. The van der Waals surface area contributed by atoms with Crippen molar-refractivity contribution in [2.45, 2.75) is 13.1 Å². The summed E-state index contributed by atoms with van der Waals surface area (Å²) in [5.41, 5.74) is 1.74. The average molecular weight is 246 g/mol. The summed E-state index contributed by atoms with van der Waals surface area (Å²) in [5.74, 6) is -0.517. The smallest absolute Gasteiger partial charge is 0.123 e. The Morgan fingerprint density at radius 2 is 1.18 bits per heavy atom. The molecule has 0 amide bonds. The summed E-state index contributed by atoms with van der Waals surface area (Å²) in [6.07, 6.45) is 0. The molecular formula is C14H12F2Si.